The number of rotatable bonds is 8. The van der Waals surface area contributed by atoms with Crippen LogP contribution in [-0.2, 0) is 9.53 Å². The summed E-state index contributed by atoms with van der Waals surface area (Å²) < 4.78 is 19.1. The molecule has 0 radical (unpaired) electrons. The first kappa shape index (κ1) is 28.3. The average molecular weight is 555 g/mol. The Bertz CT molecular complexity index is 1300. The third kappa shape index (κ3) is 6.32. The number of urea groups is 1. The molecule has 2 aromatic carbocycles. The summed E-state index contributed by atoms with van der Waals surface area (Å²) in [6.45, 7) is 9.47. The molecule has 2 aromatic rings. The Morgan fingerprint density at radius 1 is 1.21 bits per heavy atom. The fraction of sp³-hybridized carbons (Fsp3) is 0.345. The summed E-state index contributed by atoms with van der Waals surface area (Å²) in [6, 6.07) is 11.4. The molecule has 1 saturated heterocycles. The van der Waals surface area contributed by atoms with E-state index in [1.807, 2.05) is 6.92 Å². The van der Waals surface area contributed by atoms with Gasteiger partial charge in [-0.1, -0.05) is 35.9 Å². The van der Waals surface area contributed by atoms with Crippen molar-refractivity contribution >= 4 is 29.5 Å². The maximum Gasteiger partial charge on any atom is 0.338 e. The molecule has 8 nitrogen and oxygen atoms in total. The monoisotopic (exact) mass is 554 g/mol. The molecular weight excluding hydrogens is 523 g/mol. The van der Waals surface area contributed by atoms with E-state index in [1.54, 1.807) is 48.2 Å². The van der Waals surface area contributed by atoms with Gasteiger partial charge in [0.2, 0.25) is 0 Å². The number of ether oxygens (including phenoxy) is 1. The van der Waals surface area contributed by atoms with Crippen LogP contribution in [0.15, 0.2) is 72.5 Å². The Hall–Kier alpha value is -3.69. The zero-order chi connectivity index (χ0) is 28.1. The van der Waals surface area contributed by atoms with Gasteiger partial charge in [0.1, 0.15) is 5.82 Å². The number of hydrogen-bond acceptors (Lipinski definition) is 5. The summed E-state index contributed by atoms with van der Waals surface area (Å²) >= 11 is 6.24. The van der Waals surface area contributed by atoms with Gasteiger partial charge in [0, 0.05) is 55.0 Å². The van der Waals surface area contributed by atoms with Crippen LogP contribution in [0, 0.1) is 5.82 Å². The molecule has 0 bridgehead atoms. The molecule has 0 aliphatic carbocycles. The van der Waals surface area contributed by atoms with Crippen LogP contribution in [0.5, 0.6) is 0 Å². The molecule has 2 aliphatic rings. The third-order valence-electron chi connectivity index (χ3n) is 6.84. The minimum atomic E-state index is -0.750. The zero-order valence-corrected chi connectivity index (χ0v) is 22.8. The number of carbonyl (C=O) groups is 3. The molecule has 0 spiro atoms. The molecule has 2 heterocycles. The summed E-state index contributed by atoms with van der Waals surface area (Å²) in [7, 11) is 0. The molecule has 206 valence electrons. The van der Waals surface area contributed by atoms with E-state index < -0.39 is 17.8 Å². The number of nitrogens with one attached hydrogen (secondary N) is 1. The second-order valence-corrected chi connectivity index (χ2v) is 9.95. The van der Waals surface area contributed by atoms with E-state index in [1.165, 1.54) is 23.1 Å². The lowest BCUT2D eigenvalue weighted by molar-refractivity contribution is -0.139. The third-order valence-corrected chi connectivity index (χ3v) is 7.08. The van der Waals surface area contributed by atoms with E-state index >= 15 is 0 Å². The van der Waals surface area contributed by atoms with Gasteiger partial charge in [0.25, 0.3) is 5.91 Å². The molecule has 3 amide bonds. The van der Waals surface area contributed by atoms with Crippen LogP contribution < -0.4 is 5.32 Å². The van der Waals surface area contributed by atoms with E-state index in [4.69, 9.17) is 16.3 Å². The summed E-state index contributed by atoms with van der Waals surface area (Å²) in [6.07, 6.45) is 1.60. The van der Waals surface area contributed by atoms with Crippen molar-refractivity contribution in [1.82, 2.24) is 20.0 Å². The summed E-state index contributed by atoms with van der Waals surface area (Å²) in [5.74, 6) is -1.23. The number of nitrogens with zero attached hydrogens (tertiary/aromatic N) is 3. The molecule has 2 unspecified atom stereocenters. The lowest BCUT2D eigenvalue weighted by Crippen LogP contribution is -2.56. The highest BCUT2D eigenvalue weighted by Crippen LogP contribution is 2.33. The first-order valence-electron chi connectivity index (χ1n) is 12.9. The summed E-state index contributed by atoms with van der Waals surface area (Å²) in [5.41, 5.74) is 1.80. The van der Waals surface area contributed by atoms with Gasteiger partial charge in [0.05, 0.1) is 18.2 Å². The van der Waals surface area contributed by atoms with Crippen LogP contribution in [0.4, 0.5) is 9.18 Å². The van der Waals surface area contributed by atoms with E-state index in [-0.39, 0.29) is 37.7 Å². The Morgan fingerprint density at radius 2 is 1.97 bits per heavy atom. The summed E-state index contributed by atoms with van der Waals surface area (Å²) in [5, 5.41) is 3.40. The van der Waals surface area contributed by atoms with E-state index in [0.717, 1.165) is 0 Å². The minimum absolute atomic E-state index is 0.172. The van der Waals surface area contributed by atoms with Gasteiger partial charge in [-0.15, -0.1) is 6.58 Å². The zero-order valence-electron chi connectivity index (χ0n) is 22.0. The van der Waals surface area contributed by atoms with Crippen LogP contribution in [0.3, 0.4) is 0 Å². The highest BCUT2D eigenvalue weighted by atomic mass is 35.5. The van der Waals surface area contributed by atoms with Crippen molar-refractivity contribution in [3.63, 3.8) is 0 Å². The number of piperazine rings is 1. The van der Waals surface area contributed by atoms with Crippen LogP contribution in [0.25, 0.3) is 0 Å². The number of hydrogen-bond donors (Lipinski definition) is 1. The maximum absolute atomic E-state index is 13.7. The molecule has 2 aliphatic heterocycles. The maximum atomic E-state index is 13.7. The van der Waals surface area contributed by atoms with Crippen molar-refractivity contribution in [2.24, 2.45) is 0 Å². The Labute approximate surface area is 232 Å². The topological polar surface area (TPSA) is 82.2 Å². The van der Waals surface area contributed by atoms with Crippen LogP contribution >= 0.6 is 11.6 Å². The smallest absolute Gasteiger partial charge is 0.338 e. The van der Waals surface area contributed by atoms with E-state index in [2.05, 4.69) is 16.8 Å². The van der Waals surface area contributed by atoms with E-state index in [0.29, 0.717) is 47.1 Å². The Balaban J connectivity index is 1.65. The Morgan fingerprint density at radius 3 is 2.64 bits per heavy atom. The first-order valence-corrected chi connectivity index (χ1v) is 13.2. The summed E-state index contributed by atoms with van der Waals surface area (Å²) in [4.78, 5) is 45.0. The van der Waals surface area contributed by atoms with Gasteiger partial charge in [0.15, 0.2) is 0 Å². The van der Waals surface area contributed by atoms with Crippen molar-refractivity contribution in [2.45, 2.75) is 25.9 Å². The van der Waals surface area contributed by atoms with Gasteiger partial charge in [-0.2, -0.15) is 0 Å². The van der Waals surface area contributed by atoms with Gasteiger partial charge in [-0.25, -0.2) is 14.0 Å². The normalized spacial score (nSPS) is 20.1. The van der Waals surface area contributed by atoms with Gasteiger partial charge in [-0.05, 0) is 49.7 Å². The van der Waals surface area contributed by atoms with Crippen molar-refractivity contribution < 1.29 is 23.5 Å². The van der Waals surface area contributed by atoms with Crippen LogP contribution in [0.1, 0.15) is 35.8 Å². The fourth-order valence-corrected chi connectivity index (χ4v) is 5.26. The standard InChI is InChI=1S/C29H32ClFN4O4/c1-4-12-35-24(18-33-13-14-34(19(3)17-33)27(36)21-9-7-11-23(31)16-21)25(28(37)39-5-2)26(32-29(35)38)20-8-6-10-22(30)15-20/h4,6-11,15-16,19,26H,1,5,12-14,17-18H2,2-3H3,(H,32,38). The fourth-order valence-electron chi connectivity index (χ4n) is 5.06. The predicted octanol–water partition coefficient (Wildman–Crippen LogP) is 4.40. The largest absolute Gasteiger partial charge is 0.463 e. The second-order valence-electron chi connectivity index (χ2n) is 9.51. The highest BCUT2D eigenvalue weighted by molar-refractivity contribution is 6.30. The quantitative estimate of drug-likeness (QED) is 0.386. The first-order chi connectivity index (χ1) is 18.7. The Kier molecular flexibility index (Phi) is 9.04. The number of esters is 1. The van der Waals surface area contributed by atoms with Gasteiger partial charge in [-0.3, -0.25) is 14.6 Å². The van der Waals surface area contributed by atoms with Gasteiger partial charge >= 0.3 is 12.0 Å². The minimum Gasteiger partial charge on any atom is -0.463 e. The molecule has 0 saturated carbocycles. The molecule has 0 aromatic heterocycles. The number of benzene rings is 2. The SMILES string of the molecule is C=CCN1C(=O)NC(c2cccc(Cl)c2)C(C(=O)OCC)=C1CN1CCN(C(=O)c2cccc(F)c2)C(C)C1. The molecule has 4 rings (SSSR count). The van der Waals surface area contributed by atoms with Crippen molar-refractivity contribution in [2.75, 3.05) is 39.3 Å². The molecule has 39 heavy (non-hydrogen) atoms. The van der Waals surface area contributed by atoms with Crippen molar-refractivity contribution in [1.29, 1.82) is 0 Å². The molecule has 1 N–H and O–H groups in total. The lowest BCUT2D eigenvalue weighted by atomic mass is 9.94. The lowest BCUT2D eigenvalue weighted by Gasteiger charge is -2.43. The number of carbonyl (C=O) groups excluding carboxylic acids is 3. The molecule has 10 heteroatoms. The average Bonchev–Trinajstić information content (AvgIpc) is 2.90. The highest BCUT2D eigenvalue weighted by Gasteiger charge is 2.39. The second kappa shape index (κ2) is 12.4. The van der Waals surface area contributed by atoms with Crippen LogP contribution in [0.2, 0.25) is 5.02 Å². The van der Waals surface area contributed by atoms with Crippen molar-refractivity contribution in [3.8, 4) is 0 Å². The van der Waals surface area contributed by atoms with Crippen LogP contribution in [-0.4, -0.2) is 78.0 Å². The van der Waals surface area contributed by atoms with Gasteiger partial charge < -0.3 is 15.0 Å². The number of halogens is 2. The predicted molar refractivity (Wildman–Crippen MR) is 147 cm³/mol. The molecule has 2 atom stereocenters. The van der Waals surface area contributed by atoms with E-state index in [9.17, 15) is 18.8 Å². The molecule has 1 fully saturated rings. The molecular formula is C29H32ClFN4O4. The van der Waals surface area contributed by atoms with Crippen molar-refractivity contribution in [3.05, 3.63) is 94.4 Å². The number of amides is 3.